The summed E-state index contributed by atoms with van der Waals surface area (Å²) < 4.78 is 17.2. The van der Waals surface area contributed by atoms with E-state index in [-0.39, 0.29) is 31.0 Å². The summed E-state index contributed by atoms with van der Waals surface area (Å²) in [6.07, 6.45) is 0. The fraction of sp³-hybridized carbons (Fsp3) is 0. The van der Waals surface area contributed by atoms with Crippen LogP contribution in [0.15, 0.2) is 0 Å². The molecule has 4 heteroatoms. The van der Waals surface area contributed by atoms with Crippen LogP contribution < -0.4 is 29.6 Å². The Labute approximate surface area is 62.3 Å². The summed E-state index contributed by atoms with van der Waals surface area (Å²) in [5, 5.41) is 0. The summed E-state index contributed by atoms with van der Waals surface area (Å²) in [6, 6.07) is 0. The fourth-order valence-electron chi connectivity index (χ4n) is 0. The molecule has 0 atom stereocenters. The van der Waals surface area contributed by atoms with Crippen LogP contribution in [0.4, 0.5) is 0 Å². The Balaban J connectivity index is -0.0000000200. The minimum absolute atomic E-state index is 0. The second-order valence-corrected chi connectivity index (χ2v) is 0.777. The first kappa shape index (κ1) is 9.17. The molecule has 0 heterocycles. The molecule has 0 unspecified atom stereocenters. The topological polar surface area (TPSA) is 34.1 Å². The van der Waals surface area contributed by atoms with Crippen molar-refractivity contribution in [2.24, 2.45) is 0 Å². The van der Waals surface area contributed by atoms with Gasteiger partial charge in [0.05, 0.1) is 0 Å². The molecular weight excluding hydrogens is 293 g/mol. The number of hydrogen-bond donors (Lipinski definition) is 0. The summed E-state index contributed by atoms with van der Waals surface area (Å²) in [5.74, 6) is 0. The molecule has 4 heavy (non-hydrogen) atoms. The summed E-state index contributed by atoms with van der Waals surface area (Å²) in [4.78, 5) is 0. The van der Waals surface area contributed by atoms with Crippen LogP contribution in [0.2, 0.25) is 0 Å². The molecule has 0 rings (SSSR count). The van der Waals surface area contributed by atoms with Crippen molar-refractivity contribution in [1.82, 2.24) is 0 Å². The Morgan fingerprint density at radius 1 is 1.50 bits per heavy atom. The molecular formula is HNaO2U. The molecule has 0 aliphatic carbocycles. The van der Waals surface area contributed by atoms with Gasteiger partial charge in [-0.1, -0.05) is 0 Å². The second kappa shape index (κ2) is 8.82. The molecule has 0 fully saturated rings. The van der Waals surface area contributed by atoms with E-state index in [1.54, 1.807) is 0 Å². The van der Waals surface area contributed by atoms with Crippen LogP contribution >= 0.6 is 0 Å². The zero-order valence-electron chi connectivity index (χ0n) is 3.32. The Morgan fingerprint density at radius 3 is 1.50 bits per heavy atom. The van der Waals surface area contributed by atoms with Gasteiger partial charge in [0.15, 0.2) is 0 Å². The molecule has 0 N–H and O–H groups in total. The molecule has 0 spiro atoms. The van der Waals surface area contributed by atoms with Crippen molar-refractivity contribution >= 4 is 0 Å². The predicted molar refractivity (Wildman–Crippen MR) is 2.49 cm³/mol. The van der Waals surface area contributed by atoms with Crippen molar-refractivity contribution in [3.63, 3.8) is 0 Å². The Hall–Kier alpha value is 1.65. The van der Waals surface area contributed by atoms with Gasteiger partial charge in [0.1, 0.15) is 0 Å². The molecule has 2 nitrogen and oxygen atoms in total. The molecule has 0 bridgehead atoms. The zero-order chi connectivity index (χ0) is 2.71. The molecule has 18 valence electrons. The normalized spacial score (nSPS) is 2.00. The first-order valence-electron chi connectivity index (χ1n) is 0.408. The molecule has 0 radical (unpaired) electrons. The fourth-order valence-corrected chi connectivity index (χ4v) is 0. The van der Waals surface area contributed by atoms with Gasteiger partial charge in [0.2, 0.25) is 0 Å². The van der Waals surface area contributed by atoms with Crippen LogP contribution in [-0.4, -0.2) is 0 Å². The monoisotopic (exact) mass is 294 g/mol. The van der Waals surface area contributed by atoms with E-state index in [9.17, 15) is 0 Å². The molecule has 0 aromatic rings. The van der Waals surface area contributed by atoms with E-state index in [1.165, 1.54) is 0 Å². The van der Waals surface area contributed by atoms with Gasteiger partial charge >= 0.3 is 61.8 Å². The Kier molecular flexibility index (Phi) is 20.2. The van der Waals surface area contributed by atoms with Crippen LogP contribution in [0.3, 0.4) is 0 Å². The number of rotatable bonds is 0. The van der Waals surface area contributed by atoms with Crippen molar-refractivity contribution in [3.8, 4) is 0 Å². The second-order valence-electron chi connectivity index (χ2n) is 0.0833. The van der Waals surface area contributed by atoms with Gasteiger partial charge in [-0.05, 0) is 0 Å². The summed E-state index contributed by atoms with van der Waals surface area (Å²) >= 11 is -2.51. The Morgan fingerprint density at radius 2 is 1.50 bits per heavy atom. The summed E-state index contributed by atoms with van der Waals surface area (Å²) in [6.45, 7) is 0. The molecule has 0 saturated carbocycles. The molecule has 0 saturated heterocycles. The van der Waals surface area contributed by atoms with Crippen LogP contribution in [0, 0.1) is 27.8 Å². The standard InChI is InChI=1S/Na.2O.U.H/q+1;;;;-1. The van der Waals surface area contributed by atoms with Gasteiger partial charge in [-0.25, -0.2) is 0 Å². The SMILES string of the molecule is [H-].[Na+].[O]=[U]=[O]. The average molecular weight is 294 g/mol. The maximum atomic E-state index is 8.58. The van der Waals surface area contributed by atoms with Crippen molar-refractivity contribution in [3.05, 3.63) is 0 Å². The van der Waals surface area contributed by atoms with E-state index in [0.717, 1.165) is 0 Å². The predicted octanol–water partition coefficient (Wildman–Crippen LogP) is -3.12. The maximum absolute atomic E-state index is 8.58. The van der Waals surface area contributed by atoms with Crippen LogP contribution in [0.5, 0.6) is 0 Å². The van der Waals surface area contributed by atoms with Gasteiger partial charge in [-0.3, -0.25) is 0 Å². The third-order valence-corrected chi connectivity index (χ3v) is 0. The Bertz CT molecular complexity index is 30.6. The summed E-state index contributed by atoms with van der Waals surface area (Å²) in [7, 11) is 0. The molecule has 0 aliphatic rings. The first-order valence-corrected chi connectivity index (χ1v) is 3.81. The van der Waals surface area contributed by atoms with Gasteiger partial charge in [-0.2, -0.15) is 0 Å². The van der Waals surface area contributed by atoms with E-state index in [4.69, 9.17) is 4.47 Å². The zero-order valence-corrected chi connectivity index (χ0v) is 8.48. The van der Waals surface area contributed by atoms with Crippen molar-refractivity contribution in [1.29, 1.82) is 0 Å². The van der Waals surface area contributed by atoms with E-state index >= 15 is 0 Å². The van der Waals surface area contributed by atoms with Crippen LogP contribution in [-0.2, 0) is 4.47 Å². The van der Waals surface area contributed by atoms with Gasteiger partial charge in [-0.15, -0.1) is 0 Å². The third-order valence-electron chi connectivity index (χ3n) is 0. The van der Waals surface area contributed by atoms with Gasteiger partial charge in [0.25, 0.3) is 0 Å². The van der Waals surface area contributed by atoms with Crippen molar-refractivity contribution in [2.45, 2.75) is 0 Å². The van der Waals surface area contributed by atoms with Gasteiger partial charge in [0, 0.05) is 0 Å². The molecule has 0 aromatic carbocycles. The van der Waals surface area contributed by atoms with E-state index < -0.39 is 27.8 Å². The van der Waals surface area contributed by atoms with Gasteiger partial charge < -0.3 is 1.43 Å². The molecule has 0 amide bonds. The molecule has 0 aliphatic heterocycles. The van der Waals surface area contributed by atoms with Crippen molar-refractivity contribution < 1.29 is 63.3 Å². The number of hydrogen-bond acceptors (Lipinski definition) is 2. The average Bonchev–Trinajstić information content (AvgIpc) is 0.918. The van der Waals surface area contributed by atoms with Crippen molar-refractivity contribution in [2.75, 3.05) is 0 Å². The van der Waals surface area contributed by atoms with Crippen LogP contribution in [0.25, 0.3) is 0 Å². The van der Waals surface area contributed by atoms with E-state index in [2.05, 4.69) is 0 Å². The summed E-state index contributed by atoms with van der Waals surface area (Å²) in [5.41, 5.74) is 0. The molecule has 0 aromatic heterocycles. The van der Waals surface area contributed by atoms with E-state index in [1.807, 2.05) is 0 Å². The first-order chi connectivity index (χ1) is 1.41. The van der Waals surface area contributed by atoms with Crippen LogP contribution in [0.1, 0.15) is 1.43 Å². The quantitative estimate of drug-likeness (QED) is 0.443. The third kappa shape index (κ3) is 9.41. The van der Waals surface area contributed by atoms with E-state index in [0.29, 0.717) is 0 Å². The minimum atomic E-state index is -2.51.